The number of hydrogen-bond acceptors (Lipinski definition) is 3. The maximum Gasteiger partial charge on any atom is 0.0822 e. The zero-order valence-corrected chi connectivity index (χ0v) is 8.30. The van der Waals surface area contributed by atoms with E-state index in [1.807, 2.05) is 16.8 Å². The van der Waals surface area contributed by atoms with Crippen molar-refractivity contribution in [1.29, 1.82) is 0 Å². The van der Waals surface area contributed by atoms with Gasteiger partial charge in [-0.05, 0) is 35.2 Å². The zero-order valence-electron chi connectivity index (χ0n) is 7.48. The van der Waals surface area contributed by atoms with Crippen molar-refractivity contribution >= 4 is 11.3 Å². The Bertz CT molecular complexity index is 239. The van der Waals surface area contributed by atoms with Crippen LogP contribution in [0.2, 0.25) is 0 Å². The second kappa shape index (κ2) is 4.22. The first-order valence-corrected chi connectivity index (χ1v) is 5.62. The maximum atomic E-state index is 9.80. The van der Waals surface area contributed by atoms with Crippen LogP contribution in [0.3, 0.4) is 0 Å². The van der Waals surface area contributed by atoms with Gasteiger partial charge in [-0.3, -0.25) is 0 Å². The monoisotopic (exact) mass is 198 g/mol. The van der Waals surface area contributed by atoms with E-state index in [0.717, 1.165) is 31.4 Å². The smallest absolute Gasteiger partial charge is 0.0822 e. The molecule has 2 nitrogen and oxygen atoms in total. The molecule has 1 aromatic rings. The molecule has 1 aliphatic rings. The molecule has 2 heterocycles. The molecule has 2 atom stereocenters. The molecule has 0 aromatic carbocycles. The van der Waals surface area contributed by atoms with E-state index in [2.05, 4.69) is 0 Å². The van der Waals surface area contributed by atoms with Crippen molar-refractivity contribution in [1.82, 2.24) is 0 Å². The number of thiophene rings is 1. The van der Waals surface area contributed by atoms with E-state index in [1.54, 1.807) is 11.3 Å². The van der Waals surface area contributed by atoms with E-state index in [9.17, 15) is 5.11 Å². The fourth-order valence-corrected chi connectivity index (χ4v) is 2.39. The van der Waals surface area contributed by atoms with Crippen molar-refractivity contribution in [2.24, 2.45) is 0 Å². The molecule has 1 saturated heterocycles. The van der Waals surface area contributed by atoms with Gasteiger partial charge >= 0.3 is 0 Å². The first kappa shape index (κ1) is 9.19. The number of rotatable bonds is 3. The summed E-state index contributed by atoms with van der Waals surface area (Å²) in [5.41, 5.74) is 1.03. The molecular weight excluding hydrogens is 184 g/mol. The summed E-state index contributed by atoms with van der Waals surface area (Å²) in [7, 11) is 0. The van der Waals surface area contributed by atoms with E-state index in [-0.39, 0.29) is 12.2 Å². The minimum atomic E-state index is -0.339. The Kier molecular flexibility index (Phi) is 2.98. The van der Waals surface area contributed by atoms with Crippen LogP contribution in [-0.2, 0) is 4.74 Å². The third kappa shape index (κ3) is 2.30. The molecule has 0 bridgehead atoms. The highest BCUT2D eigenvalue weighted by atomic mass is 32.1. The molecule has 1 N–H and O–H groups in total. The molecule has 0 spiro atoms. The minimum Gasteiger partial charge on any atom is -0.388 e. The fraction of sp³-hybridized carbons (Fsp3) is 0.600. The van der Waals surface area contributed by atoms with Crippen molar-refractivity contribution in [2.45, 2.75) is 31.5 Å². The number of hydrogen-bond donors (Lipinski definition) is 1. The average molecular weight is 198 g/mol. The van der Waals surface area contributed by atoms with Crippen LogP contribution in [0, 0.1) is 0 Å². The molecule has 3 heteroatoms. The van der Waals surface area contributed by atoms with Crippen LogP contribution in [0.25, 0.3) is 0 Å². The average Bonchev–Trinajstić information content (AvgIpc) is 2.74. The lowest BCUT2D eigenvalue weighted by atomic mass is 10.0. The maximum absolute atomic E-state index is 9.80. The van der Waals surface area contributed by atoms with E-state index in [1.165, 1.54) is 0 Å². The van der Waals surface area contributed by atoms with Crippen molar-refractivity contribution < 1.29 is 9.84 Å². The number of aliphatic hydroxyl groups excluding tert-OH is 1. The van der Waals surface area contributed by atoms with Gasteiger partial charge in [-0.2, -0.15) is 11.3 Å². The topological polar surface area (TPSA) is 29.5 Å². The number of ether oxygens (including phenoxy) is 1. The van der Waals surface area contributed by atoms with Crippen molar-refractivity contribution in [3.63, 3.8) is 0 Å². The molecular formula is C10H14O2S. The molecule has 0 aliphatic carbocycles. The Hall–Kier alpha value is -0.380. The van der Waals surface area contributed by atoms with E-state index >= 15 is 0 Å². The van der Waals surface area contributed by atoms with Crippen molar-refractivity contribution in [2.75, 3.05) is 6.61 Å². The number of aliphatic hydroxyl groups is 1. The van der Waals surface area contributed by atoms with Gasteiger partial charge in [-0.1, -0.05) is 0 Å². The summed E-state index contributed by atoms with van der Waals surface area (Å²) < 4.78 is 5.47. The molecule has 1 aromatic heterocycles. The molecule has 2 rings (SSSR count). The third-order valence-corrected chi connectivity index (χ3v) is 3.14. The van der Waals surface area contributed by atoms with E-state index in [0.29, 0.717) is 0 Å². The van der Waals surface area contributed by atoms with Gasteiger partial charge in [0.05, 0.1) is 12.2 Å². The second-order valence-electron chi connectivity index (χ2n) is 3.44. The third-order valence-electron chi connectivity index (χ3n) is 2.44. The molecule has 0 radical (unpaired) electrons. The normalized spacial score (nSPS) is 24.8. The Balaban J connectivity index is 1.87. The Morgan fingerprint density at radius 1 is 1.69 bits per heavy atom. The minimum absolute atomic E-state index is 0.273. The van der Waals surface area contributed by atoms with Crippen LogP contribution >= 0.6 is 11.3 Å². The Morgan fingerprint density at radius 2 is 2.62 bits per heavy atom. The molecule has 0 saturated carbocycles. The standard InChI is InChI=1S/C10H14O2S/c11-10(8-3-5-13-7-8)6-9-2-1-4-12-9/h3,5,7,9-11H,1-2,4,6H2. The Labute approximate surface area is 82.2 Å². The lowest BCUT2D eigenvalue weighted by Crippen LogP contribution is -2.10. The van der Waals surface area contributed by atoms with Crippen LogP contribution in [0.1, 0.15) is 30.9 Å². The van der Waals surface area contributed by atoms with Gasteiger partial charge < -0.3 is 9.84 Å². The summed E-state index contributed by atoms with van der Waals surface area (Å²) in [5, 5.41) is 13.8. The quantitative estimate of drug-likeness (QED) is 0.808. The van der Waals surface area contributed by atoms with E-state index < -0.39 is 0 Å². The van der Waals surface area contributed by atoms with Gasteiger partial charge in [0.15, 0.2) is 0 Å². The summed E-state index contributed by atoms with van der Waals surface area (Å²) in [6.45, 7) is 0.862. The first-order valence-electron chi connectivity index (χ1n) is 4.68. The molecule has 1 fully saturated rings. The van der Waals surface area contributed by atoms with Gasteiger partial charge in [-0.25, -0.2) is 0 Å². The fourth-order valence-electron chi connectivity index (χ4n) is 1.68. The summed E-state index contributed by atoms with van der Waals surface area (Å²) >= 11 is 1.63. The highest BCUT2D eigenvalue weighted by Gasteiger charge is 2.20. The Morgan fingerprint density at radius 3 is 3.23 bits per heavy atom. The summed E-state index contributed by atoms with van der Waals surface area (Å²) in [6, 6.07) is 1.98. The molecule has 2 unspecified atom stereocenters. The highest BCUT2D eigenvalue weighted by Crippen LogP contribution is 2.25. The van der Waals surface area contributed by atoms with Crippen LogP contribution in [0.15, 0.2) is 16.8 Å². The summed E-state index contributed by atoms with van der Waals surface area (Å²) in [4.78, 5) is 0. The molecule has 0 amide bonds. The van der Waals surface area contributed by atoms with Gasteiger partial charge in [0.1, 0.15) is 0 Å². The summed E-state index contributed by atoms with van der Waals surface area (Å²) in [5.74, 6) is 0. The first-order chi connectivity index (χ1) is 6.36. The second-order valence-corrected chi connectivity index (χ2v) is 4.22. The summed E-state index contributed by atoms with van der Waals surface area (Å²) in [6.07, 6.45) is 2.92. The molecule has 72 valence electrons. The van der Waals surface area contributed by atoms with Crippen LogP contribution in [0.4, 0.5) is 0 Å². The van der Waals surface area contributed by atoms with Crippen molar-refractivity contribution in [3.8, 4) is 0 Å². The largest absolute Gasteiger partial charge is 0.388 e. The van der Waals surface area contributed by atoms with Crippen LogP contribution in [-0.4, -0.2) is 17.8 Å². The SMILES string of the molecule is OC(CC1CCCO1)c1ccsc1. The van der Waals surface area contributed by atoms with Crippen LogP contribution in [0.5, 0.6) is 0 Å². The molecule has 1 aliphatic heterocycles. The zero-order chi connectivity index (χ0) is 9.10. The van der Waals surface area contributed by atoms with Gasteiger partial charge in [0.2, 0.25) is 0 Å². The van der Waals surface area contributed by atoms with Gasteiger partial charge in [0.25, 0.3) is 0 Å². The van der Waals surface area contributed by atoms with Gasteiger partial charge in [-0.15, -0.1) is 0 Å². The predicted molar refractivity (Wildman–Crippen MR) is 52.9 cm³/mol. The predicted octanol–water partition coefficient (Wildman–Crippen LogP) is 2.35. The lowest BCUT2D eigenvalue weighted by Gasteiger charge is -2.13. The van der Waals surface area contributed by atoms with Crippen LogP contribution < -0.4 is 0 Å². The molecule has 13 heavy (non-hydrogen) atoms. The van der Waals surface area contributed by atoms with Crippen molar-refractivity contribution in [3.05, 3.63) is 22.4 Å². The highest BCUT2D eigenvalue weighted by molar-refractivity contribution is 7.07. The lowest BCUT2D eigenvalue weighted by molar-refractivity contribution is 0.0536. The van der Waals surface area contributed by atoms with E-state index in [4.69, 9.17) is 4.74 Å². The van der Waals surface area contributed by atoms with Gasteiger partial charge in [0, 0.05) is 13.0 Å².